The average Bonchev–Trinajstić information content (AvgIpc) is 3.28. The molecule has 4 rings (SSSR count). The monoisotopic (exact) mass is 428 g/mol. The summed E-state index contributed by atoms with van der Waals surface area (Å²) in [7, 11) is 0. The van der Waals surface area contributed by atoms with Crippen LogP contribution in [0.1, 0.15) is 40.5 Å². The number of pyridine rings is 1. The van der Waals surface area contributed by atoms with E-state index in [2.05, 4.69) is 22.3 Å². The van der Waals surface area contributed by atoms with E-state index >= 15 is 0 Å². The first-order valence-electron chi connectivity index (χ1n) is 10.5. The van der Waals surface area contributed by atoms with Crippen LogP contribution in [-0.4, -0.2) is 27.8 Å². The molecule has 0 aliphatic carbocycles. The summed E-state index contributed by atoms with van der Waals surface area (Å²) in [4.78, 5) is 14.9. The Morgan fingerprint density at radius 3 is 2.59 bits per heavy atom. The van der Waals surface area contributed by atoms with Crippen LogP contribution in [0, 0.1) is 0 Å². The molecule has 0 aliphatic heterocycles. The first-order chi connectivity index (χ1) is 15.7. The summed E-state index contributed by atoms with van der Waals surface area (Å²) in [6.45, 7) is -0.343. The Morgan fingerprint density at radius 1 is 0.969 bits per heavy atom. The van der Waals surface area contributed by atoms with Gasteiger partial charge in [-0.3, -0.25) is 4.98 Å². The van der Waals surface area contributed by atoms with Gasteiger partial charge < -0.3 is 14.4 Å². The molecule has 0 saturated carbocycles. The largest absolute Gasteiger partial charge is 0.482 e. The predicted molar refractivity (Wildman–Crippen MR) is 120 cm³/mol. The highest BCUT2D eigenvalue weighted by atomic mass is 16.5. The van der Waals surface area contributed by atoms with Gasteiger partial charge in [0.15, 0.2) is 6.61 Å². The lowest BCUT2D eigenvalue weighted by atomic mass is 9.90. The summed E-state index contributed by atoms with van der Waals surface area (Å²) < 4.78 is 11.0. The number of carboxylic acids is 1. The lowest BCUT2D eigenvalue weighted by Gasteiger charge is -2.14. The maximum Gasteiger partial charge on any atom is 0.341 e. The van der Waals surface area contributed by atoms with Crippen molar-refractivity contribution < 1.29 is 19.2 Å². The molecule has 2 aromatic carbocycles. The minimum absolute atomic E-state index is 0.0609. The van der Waals surface area contributed by atoms with Crippen molar-refractivity contribution in [1.82, 2.24) is 10.1 Å². The number of hydrogen-bond donors (Lipinski definition) is 1. The number of nitrogens with zero attached hydrogens (tertiary/aromatic N) is 2. The van der Waals surface area contributed by atoms with Crippen LogP contribution in [0.4, 0.5) is 0 Å². The molecule has 32 heavy (non-hydrogen) atoms. The van der Waals surface area contributed by atoms with Gasteiger partial charge in [0.05, 0.1) is 11.6 Å². The van der Waals surface area contributed by atoms with E-state index in [0.717, 1.165) is 47.4 Å². The number of rotatable bonds is 10. The van der Waals surface area contributed by atoms with Gasteiger partial charge in [-0.15, -0.1) is 0 Å². The molecule has 0 fully saturated rings. The highest BCUT2D eigenvalue weighted by Crippen LogP contribution is 2.32. The third-order valence-corrected chi connectivity index (χ3v) is 5.17. The molecule has 0 amide bonds. The van der Waals surface area contributed by atoms with Crippen molar-refractivity contribution in [3.63, 3.8) is 0 Å². The number of benzene rings is 2. The highest BCUT2D eigenvalue weighted by molar-refractivity contribution is 5.68. The molecule has 1 N–H and O–H groups in total. The summed E-state index contributed by atoms with van der Waals surface area (Å²) in [6, 6.07) is 23.7. The molecule has 1 atom stereocenters. The van der Waals surface area contributed by atoms with E-state index in [9.17, 15) is 4.79 Å². The summed E-state index contributed by atoms with van der Waals surface area (Å²) in [5.41, 5.74) is 4.18. The van der Waals surface area contributed by atoms with Gasteiger partial charge in [-0.25, -0.2) is 4.79 Å². The predicted octanol–water partition coefficient (Wildman–Crippen LogP) is 4.89. The van der Waals surface area contributed by atoms with Crippen molar-refractivity contribution in [2.75, 3.05) is 6.61 Å². The minimum Gasteiger partial charge on any atom is -0.482 e. The standard InChI is InChI=1S/C26H24N2O4/c29-25(30)18-31-23-13-5-8-19(15-23)7-4-12-22-16-24(32-28-22)26(20-9-2-1-3-10-20)21-11-6-14-27-17-21/h1-3,5-6,8-11,13-17,26H,4,7,12,18H2,(H,29,30). The molecular weight excluding hydrogens is 404 g/mol. The molecule has 0 radical (unpaired) electrons. The van der Waals surface area contributed by atoms with E-state index < -0.39 is 5.97 Å². The Bertz CT molecular complexity index is 1100. The van der Waals surface area contributed by atoms with E-state index in [0.29, 0.717) is 5.75 Å². The second-order valence-corrected chi connectivity index (χ2v) is 7.53. The van der Waals surface area contributed by atoms with E-state index in [1.165, 1.54) is 0 Å². The van der Waals surface area contributed by atoms with Crippen LogP contribution < -0.4 is 4.74 Å². The van der Waals surface area contributed by atoms with E-state index in [1.807, 2.05) is 60.8 Å². The fourth-order valence-electron chi connectivity index (χ4n) is 3.70. The molecule has 2 aromatic heterocycles. The smallest absolute Gasteiger partial charge is 0.341 e. The summed E-state index contributed by atoms with van der Waals surface area (Å²) in [6.07, 6.45) is 6.12. The quantitative estimate of drug-likeness (QED) is 0.387. The zero-order chi connectivity index (χ0) is 22.2. The van der Waals surface area contributed by atoms with E-state index in [-0.39, 0.29) is 12.5 Å². The molecule has 1 unspecified atom stereocenters. The van der Waals surface area contributed by atoms with Crippen LogP contribution in [0.25, 0.3) is 0 Å². The lowest BCUT2D eigenvalue weighted by molar-refractivity contribution is -0.139. The van der Waals surface area contributed by atoms with Crippen LogP contribution in [0.5, 0.6) is 5.75 Å². The van der Waals surface area contributed by atoms with Gasteiger partial charge in [-0.1, -0.05) is 53.7 Å². The number of carbonyl (C=O) groups is 1. The molecule has 2 heterocycles. The molecule has 0 aliphatic rings. The van der Waals surface area contributed by atoms with E-state index in [1.54, 1.807) is 12.3 Å². The van der Waals surface area contributed by atoms with Gasteiger partial charge in [0.25, 0.3) is 0 Å². The molecule has 0 saturated heterocycles. The molecule has 162 valence electrons. The zero-order valence-corrected chi connectivity index (χ0v) is 17.6. The van der Waals surface area contributed by atoms with Crippen LogP contribution in [0.3, 0.4) is 0 Å². The lowest BCUT2D eigenvalue weighted by Crippen LogP contribution is -2.09. The number of aryl methyl sites for hydroxylation is 2. The topological polar surface area (TPSA) is 85.5 Å². The number of hydrogen-bond acceptors (Lipinski definition) is 5. The average molecular weight is 428 g/mol. The van der Waals surface area contributed by atoms with Gasteiger partial charge in [-0.2, -0.15) is 0 Å². The number of carboxylic acid groups (broad SMARTS) is 1. The van der Waals surface area contributed by atoms with Gasteiger partial charge in [0, 0.05) is 18.5 Å². The fraction of sp³-hybridized carbons (Fsp3) is 0.192. The molecular formula is C26H24N2O4. The van der Waals surface area contributed by atoms with E-state index in [4.69, 9.17) is 14.4 Å². The second kappa shape index (κ2) is 10.4. The second-order valence-electron chi connectivity index (χ2n) is 7.53. The number of ether oxygens (including phenoxy) is 1. The zero-order valence-electron chi connectivity index (χ0n) is 17.6. The Labute approximate surface area is 186 Å². The van der Waals surface area contributed by atoms with Crippen molar-refractivity contribution in [2.45, 2.75) is 25.2 Å². The normalized spacial score (nSPS) is 11.8. The summed E-state index contributed by atoms with van der Waals surface area (Å²) in [5, 5.41) is 13.1. The summed E-state index contributed by atoms with van der Waals surface area (Å²) >= 11 is 0. The van der Waals surface area contributed by atoms with Crippen LogP contribution in [-0.2, 0) is 17.6 Å². The van der Waals surface area contributed by atoms with Gasteiger partial charge in [0.2, 0.25) is 0 Å². The number of aromatic nitrogens is 2. The highest BCUT2D eigenvalue weighted by Gasteiger charge is 2.21. The number of aliphatic carboxylic acids is 1. The van der Waals surface area contributed by atoms with Gasteiger partial charge >= 0.3 is 5.97 Å². The third kappa shape index (κ3) is 5.60. The van der Waals surface area contributed by atoms with Crippen LogP contribution >= 0.6 is 0 Å². The first kappa shape index (κ1) is 21.3. The molecule has 0 spiro atoms. The molecule has 6 nitrogen and oxygen atoms in total. The summed E-state index contributed by atoms with van der Waals surface area (Å²) in [5.74, 6) is 0.311. The fourth-order valence-corrected chi connectivity index (χ4v) is 3.70. The van der Waals surface area contributed by atoms with Crippen molar-refractivity contribution in [3.8, 4) is 5.75 Å². The Hall–Kier alpha value is -3.93. The Balaban J connectivity index is 1.42. The third-order valence-electron chi connectivity index (χ3n) is 5.17. The first-order valence-corrected chi connectivity index (χ1v) is 10.5. The Kier molecular flexibility index (Phi) is 6.92. The minimum atomic E-state index is -0.989. The maximum absolute atomic E-state index is 10.7. The Morgan fingerprint density at radius 2 is 1.81 bits per heavy atom. The van der Waals surface area contributed by atoms with Gasteiger partial charge in [0.1, 0.15) is 11.5 Å². The van der Waals surface area contributed by atoms with Crippen molar-refractivity contribution in [2.24, 2.45) is 0 Å². The molecule has 6 heteroatoms. The molecule has 0 bridgehead atoms. The van der Waals surface area contributed by atoms with Gasteiger partial charge in [-0.05, 0) is 54.2 Å². The van der Waals surface area contributed by atoms with Crippen molar-refractivity contribution in [1.29, 1.82) is 0 Å². The van der Waals surface area contributed by atoms with Crippen LogP contribution in [0.15, 0.2) is 89.7 Å². The van der Waals surface area contributed by atoms with Crippen LogP contribution in [0.2, 0.25) is 0 Å². The molecule has 4 aromatic rings. The van der Waals surface area contributed by atoms with Crippen molar-refractivity contribution >= 4 is 5.97 Å². The SMILES string of the molecule is O=C(O)COc1cccc(CCCc2cc(C(c3ccccc3)c3cccnc3)on2)c1. The van der Waals surface area contributed by atoms with Crippen molar-refractivity contribution in [3.05, 3.63) is 113 Å². The maximum atomic E-state index is 10.7.